The van der Waals surface area contributed by atoms with Gasteiger partial charge in [0.1, 0.15) is 13.2 Å². The monoisotopic (exact) mass is 1040 g/mol. The zero-order chi connectivity index (χ0) is 54.8. The quantitative estimate of drug-likeness (QED) is 0.0211. The SMILES string of the molecule is CC/C=C\C/C=C\C/C=C\C/C=C\C/C=C\C/C=C\CCC(=O)OC(COC(=O)CCCCCCCCCCCCCCCCC/C=C\C/C=C\C/C=C\C/C=C\C/C=C\CC)COC(OCC[N+](C)(C)C)C(=O)O. The first-order valence-corrected chi connectivity index (χ1v) is 29.3. The Morgan fingerprint density at radius 3 is 1.12 bits per heavy atom. The number of rotatable bonds is 52. The van der Waals surface area contributed by atoms with Gasteiger partial charge in [0.05, 0.1) is 34.4 Å². The van der Waals surface area contributed by atoms with Crippen molar-refractivity contribution >= 4 is 17.9 Å². The van der Waals surface area contributed by atoms with Crippen molar-refractivity contribution in [1.29, 1.82) is 0 Å². The van der Waals surface area contributed by atoms with Crippen molar-refractivity contribution in [2.75, 3.05) is 47.5 Å². The fourth-order valence-corrected chi connectivity index (χ4v) is 7.48. The van der Waals surface area contributed by atoms with Gasteiger partial charge in [0, 0.05) is 12.8 Å². The molecular weight excluding hydrogens is 935 g/mol. The minimum atomic E-state index is -1.54. The molecule has 0 aliphatic carbocycles. The van der Waals surface area contributed by atoms with Crippen LogP contribution < -0.4 is 0 Å². The largest absolute Gasteiger partial charge is 0.477 e. The van der Waals surface area contributed by atoms with Gasteiger partial charge in [-0.05, 0) is 96.3 Å². The molecule has 2 atom stereocenters. The molecule has 0 aromatic rings. The average Bonchev–Trinajstić information content (AvgIpc) is 3.38. The molecule has 0 saturated heterocycles. The number of unbranched alkanes of at least 4 members (excludes halogenated alkanes) is 15. The zero-order valence-corrected chi connectivity index (χ0v) is 48.2. The predicted octanol–water partition coefficient (Wildman–Crippen LogP) is 17.5. The van der Waals surface area contributed by atoms with Crippen molar-refractivity contribution in [3.05, 3.63) is 134 Å². The molecule has 0 aromatic heterocycles. The standard InChI is InChI=1S/C66H107NO8/c1-6-8-10-12-14-16-18-20-22-24-26-27-28-29-30-31-32-33-34-35-36-37-39-40-42-44-46-48-50-52-54-56-63(68)73-60-62(61-74-66(65(70)71)72-59-58-67(3,4)5)75-64(69)57-55-53-51-49-47-45-43-41-38-25-23-21-19-17-15-13-11-9-7-2/h8-11,14-17,20-23,26-27,29-30,38,41,45,47,51,53,62,66H,6-7,12-13,18-19,24-25,28,31-37,39-40,42-44,46,48-50,52,54-61H2,1-5H3/p+1/b10-8-,11-9-,16-14-,17-15-,22-20-,23-21-,27-26-,30-29-,41-38-,47-45-,53-51-. The van der Waals surface area contributed by atoms with E-state index in [4.69, 9.17) is 18.9 Å². The summed E-state index contributed by atoms with van der Waals surface area (Å²) >= 11 is 0. The molecular formula is C66H108NO8+. The first-order chi connectivity index (χ1) is 36.6. The Hall–Kier alpha value is -4.57. The maximum atomic E-state index is 12.8. The molecule has 0 rings (SSSR count). The summed E-state index contributed by atoms with van der Waals surface area (Å²) in [6.07, 6.45) is 77.0. The molecule has 0 aliphatic heterocycles. The van der Waals surface area contributed by atoms with Gasteiger partial charge in [0.2, 0.25) is 0 Å². The smallest absolute Gasteiger partial charge is 0.361 e. The van der Waals surface area contributed by atoms with Crippen molar-refractivity contribution in [2.24, 2.45) is 0 Å². The van der Waals surface area contributed by atoms with Gasteiger partial charge < -0.3 is 28.5 Å². The Kier molecular flexibility index (Phi) is 52.3. The molecule has 424 valence electrons. The van der Waals surface area contributed by atoms with E-state index in [1.165, 1.54) is 83.5 Å². The van der Waals surface area contributed by atoms with Crippen LogP contribution in [-0.4, -0.2) is 87.4 Å². The third-order valence-electron chi connectivity index (χ3n) is 11.9. The van der Waals surface area contributed by atoms with Gasteiger partial charge in [-0.3, -0.25) is 9.59 Å². The Labute approximate surface area is 459 Å². The summed E-state index contributed by atoms with van der Waals surface area (Å²) in [7, 11) is 5.93. The third-order valence-corrected chi connectivity index (χ3v) is 11.9. The lowest BCUT2D eigenvalue weighted by atomic mass is 10.0. The van der Waals surface area contributed by atoms with Gasteiger partial charge in [-0.25, -0.2) is 4.79 Å². The van der Waals surface area contributed by atoms with Crippen LogP contribution in [0.4, 0.5) is 0 Å². The van der Waals surface area contributed by atoms with Crippen LogP contribution in [-0.2, 0) is 33.3 Å². The second-order valence-corrected chi connectivity index (χ2v) is 20.2. The molecule has 1 N–H and O–H groups in total. The molecule has 0 aromatic carbocycles. The summed E-state index contributed by atoms with van der Waals surface area (Å²) in [6.45, 7) is 4.55. The molecule has 0 aliphatic rings. The second kappa shape index (κ2) is 55.7. The molecule has 0 spiro atoms. The van der Waals surface area contributed by atoms with E-state index < -0.39 is 24.3 Å². The number of quaternary nitrogens is 1. The zero-order valence-electron chi connectivity index (χ0n) is 48.2. The highest BCUT2D eigenvalue weighted by Crippen LogP contribution is 2.15. The maximum Gasteiger partial charge on any atom is 0.361 e. The van der Waals surface area contributed by atoms with Crippen LogP contribution in [0.2, 0.25) is 0 Å². The summed E-state index contributed by atoms with van der Waals surface area (Å²) in [5.41, 5.74) is 0. The molecule has 0 amide bonds. The second-order valence-electron chi connectivity index (χ2n) is 20.2. The first-order valence-electron chi connectivity index (χ1n) is 29.3. The number of ether oxygens (including phenoxy) is 4. The van der Waals surface area contributed by atoms with Crippen LogP contribution in [0.1, 0.15) is 206 Å². The lowest BCUT2D eigenvalue weighted by Crippen LogP contribution is -2.40. The number of carboxylic acids is 1. The van der Waals surface area contributed by atoms with Crippen molar-refractivity contribution < 1.29 is 42.9 Å². The normalized spacial score (nSPS) is 13.8. The highest BCUT2D eigenvalue weighted by atomic mass is 16.7. The first kappa shape index (κ1) is 70.4. The van der Waals surface area contributed by atoms with Crippen LogP contribution in [0.25, 0.3) is 0 Å². The molecule has 0 bridgehead atoms. The van der Waals surface area contributed by atoms with Crippen LogP contribution in [0.5, 0.6) is 0 Å². The van der Waals surface area contributed by atoms with Crippen molar-refractivity contribution in [3.63, 3.8) is 0 Å². The molecule has 0 heterocycles. The van der Waals surface area contributed by atoms with Crippen molar-refractivity contribution in [1.82, 2.24) is 0 Å². The van der Waals surface area contributed by atoms with Gasteiger partial charge in [-0.1, -0.05) is 231 Å². The summed E-state index contributed by atoms with van der Waals surface area (Å²) in [4.78, 5) is 37.4. The van der Waals surface area contributed by atoms with Crippen LogP contribution in [0.3, 0.4) is 0 Å². The van der Waals surface area contributed by atoms with E-state index in [2.05, 4.69) is 135 Å². The Morgan fingerprint density at radius 1 is 0.400 bits per heavy atom. The predicted molar refractivity (Wildman–Crippen MR) is 317 cm³/mol. The number of hydrogen-bond acceptors (Lipinski definition) is 7. The number of esters is 2. The van der Waals surface area contributed by atoms with Gasteiger partial charge in [-0.15, -0.1) is 0 Å². The topological polar surface area (TPSA) is 108 Å². The van der Waals surface area contributed by atoms with Crippen molar-refractivity contribution in [2.45, 2.75) is 219 Å². The number of allylic oxidation sites excluding steroid dienone is 22. The van der Waals surface area contributed by atoms with E-state index in [0.717, 1.165) is 89.9 Å². The van der Waals surface area contributed by atoms with Crippen molar-refractivity contribution in [3.8, 4) is 0 Å². The molecule has 0 saturated carbocycles. The maximum absolute atomic E-state index is 12.8. The lowest BCUT2D eigenvalue weighted by molar-refractivity contribution is -0.870. The van der Waals surface area contributed by atoms with Crippen LogP contribution >= 0.6 is 0 Å². The van der Waals surface area contributed by atoms with Crippen LogP contribution in [0.15, 0.2) is 134 Å². The van der Waals surface area contributed by atoms with Gasteiger partial charge >= 0.3 is 17.9 Å². The molecule has 2 unspecified atom stereocenters. The summed E-state index contributed by atoms with van der Waals surface area (Å²) < 4.78 is 22.8. The number of nitrogens with zero attached hydrogens (tertiary/aromatic N) is 1. The number of carbonyl (C=O) groups excluding carboxylic acids is 2. The number of carboxylic acid groups (broad SMARTS) is 1. The van der Waals surface area contributed by atoms with E-state index in [-0.39, 0.29) is 38.6 Å². The summed E-state index contributed by atoms with van der Waals surface area (Å²) in [5.74, 6) is -2.13. The average molecular weight is 1040 g/mol. The summed E-state index contributed by atoms with van der Waals surface area (Å²) in [5, 5.41) is 9.69. The minimum Gasteiger partial charge on any atom is -0.477 e. The van der Waals surface area contributed by atoms with Gasteiger partial charge in [-0.2, -0.15) is 0 Å². The number of aliphatic carboxylic acids is 1. The van der Waals surface area contributed by atoms with E-state index >= 15 is 0 Å². The number of carbonyl (C=O) groups is 3. The van der Waals surface area contributed by atoms with Crippen LogP contribution in [0, 0.1) is 0 Å². The lowest BCUT2D eigenvalue weighted by Gasteiger charge is -2.25. The molecule has 9 heteroatoms. The highest BCUT2D eigenvalue weighted by molar-refractivity contribution is 5.71. The molecule has 75 heavy (non-hydrogen) atoms. The Bertz CT molecular complexity index is 1690. The Balaban J connectivity index is 4.27. The van der Waals surface area contributed by atoms with E-state index in [1.54, 1.807) is 0 Å². The Morgan fingerprint density at radius 2 is 0.747 bits per heavy atom. The number of hydrogen-bond donors (Lipinski definition) is 1. The highest BCUT2D eigenvalue weighted by Gasteiger charge is 2.25. The molecule has 0 fully saturated rings. The fraction of sp³-hybridized carbons (Fsp3) is 0.621. The third kappa shape index (κ3) is 57.0. The van der Waals surface area contributed by atoms with E-state index in [1.807, 2.05) is 33.3 Å². The van der Waals surface area contributed by atoms with E-state index in [0.29, 0.717) is 17.4 Å². The minimum absolute atomic E-state index is 0.128. The van der Waals surface area contributed by atoms with Gasteiger partial charge in [0.25, 0.3) is 6.29 Å². The molecule has 9 nitrogen and oxygen atoms in total. The van der Waals surface area contributed by atoms with Gasteiger partial charge in [0.15, 0.2) is 6.10 Å². The fourth-order valence-electron chi connectivity index (χ4n) is 7.48. The summed E-state index contributed by atoms with van der Waals surface area (Å²) in [6, 6.07) is 0. The van der Waals surface area contributed by atoms with E-state index in [9.17, 15) is 19.5 Å². The molecule has 0 radical (unpaired) electrons. The number of likely N-dealkylation sites (N-methyl/N-ethyl adjacent to an activating group) is 1.